The Hall–Kier alpha value is -3.14. The van der Waals surface area contributed by atoms with E-state index in [2.05, 4.69) is 5.32 Å². The van der Waals surface area contributed by atoms with E-state index in [0.29, 0.717) is 48.0 Å². The first kappa shape index (κ1) is 19.2. The molecule has 0 spiro atoms. The Labute approximate surface area is 164 Å². The van der Waals surface area contributed by atoms with Crippen LogP contribution >= 0.6 is 0 Å². The predicted molar refractivity (Wildman–Crippen MR) is 99.8 cm³/mol. The van der Waals surface area contributed by atoms with Gasteiger partial charge in [0.1, 0.15) is 12.8 Å². The largest absolute Gasteiger partial charge is 0.490 e. The number of nitrogens with one attached hydrogen (secondary N) is 1. The maximum Gasteiger partial charge on any atom is 0.333 e. The number of rotatable bonds is 4. The smallest absolute Gasteiger partial charge is 0.333 e. The number of benzene rings is 1. The van der Waals surface area contributed by atoms with Crippen molar-refractivity contribution < 1.29 is 23.4 Å². The van der Waals surface area contributed by atoms with Crippen LogP contribution in [0.25, 0.3) is 0 Å². The van der Waals surface area contributed by atoms with Gasteiger partial charge in [0.2, 0.25) is 11.7 Å². The van der Waals surface area contributed by atoms with Gasteiger partial charge in [-0.3, -0.25) is 14.2 Å². The molecular formula is C19H20FN3O6. The van der Waals surface area contributed by atoms with Gasteiger partial charge in [-0.05, 0) is 25.0 Å². The lowest BCUT2D eigenvalue weighted by Gasteiger charge is -2.15. The lowest BCUT2D eigenvalue weighted by molar-refractivity contribution is -0.116. The SMILES string of the molecule is O=C(Cn1c(=O)c(F)cn(C2CCCO2)c1=O)Nc1ccc2c(c1)OCCCO2. The van der Waals surface area contributed by atoms with Crippen LogP contribution in [0.1, 0.15) is 25.5 Å². The summed E-state index contributed by atoms with van der Waals surface area (Å²) >= 11 is 0. The van der Waals surface area contributed by atoms with Crippen LogP contribution in [0.2, 0.25) is 0 Å². The van der Waals surface area contributed by atoms with Crippen LogP contribution in [0.5, 0.6) is 11.5 Å². The van der Waals surface area contributed by atoms with Gasteiger partial charge >= 0.3 is 5.69 Å². The van der Waals surface area contributed by atoms with Crippen molar-refractivity contribution in [3.8, 4) is 11.5 Å². The molecule has 29 heavy (non-hydrogen) atoms. The maximum atomic E-state index is 14.1. The molecule has 1 N–H and O–H groups in total. The molecular weight excluding hydrogens is 385 g/mol. The van der Waals surface area contributed by atoms with Gasteiger partial charge in [0.05, 0.1) is 19.4 Å². The van der Waals surface area contributed by atoms with E-state index in [1.807, 2.05) is 0 Å². The van der Waals surface area contributed by atoms with Gasteiger partial charge in [-0.2, -0.15) is 4.39 Å². The van der Waals surface area contributed by atoms with Gasteiger partial charge in [-0.15, -0.1) is 0 Å². The molecule has 2 aliphatic rings. The van der Waals surface area contributed by atoms with E-state index in [-0.39, 0.29) is 0 Å². The molecule has 0 radical (unpaired) electrons. The first-order valence-corrected chi connectivity index (χ1v) is 9.35. The van der Waals surface area contributed by atoms with Crippen molar-refractivity contribution in [1.29, 1.82) is 0 Å². The summed E-state index contributed by atoms with van der Waals surface area (Å²) < 4.78 is 32.1. The second-order valence-corrected chi connectivity index (χ2v) is 6.79. The zero-order valence-electron chi connectivity index (χ0n) is 15.6. The van der Waals surface area contributed by atoms with E-state index >= 15 is 0 Å². The number of fused-ring (bicyclic) bond motifs is 1. The highest BCUT2D eigenvalue weighted by Crippen LogP contribution is 2.32. The highest BCUT2D eigenvalue weighted by atomic mass is 19.1. The number of amides is 1. The fraction of sp³-hybridized carbons (Fsp3) is 0.421. The molecule has 1 atom stereocenters. The van der Waals surface area contributed by atoms with Gasteiger partial charge in [0.15, 0.2) is 11.5 Å². The quantitative estimate of drug-likeness (QED) is 0.822. The summed E-state index contributed by atoms with van der Waals surface area (Å²) in [7, 11) is 0. The molecule has 0 bridgehead atoms. The molecule has 3 heterocycles. The Kier molecular flexibility index (Phi) is 5.34. The van der Waals surface area contributed by atoms with Crippen LogP contribution in [0.15, 0.2) is 34.0 Å². The lowest BCUT2D eigenvalue weighted by atomic mass is 10.2. The topological polar surface area (TPSA) is 101 Å². The van der Waals surface area contributed by atoms with E-state index in [0.717, 1.165) is 23.6 Å². The number of hydrogen-bond acceptors (Lipinski definition) is 6. The van der Waals surface area contributed by atoms with E-state index in [1.165, 1.54) is 0 Å². The molecule has 1 amide bonds. The highest BCUT2D eigenvalue weighted by Gasteiger charge is 2.23. The standard InChI is InChI=1S/C19H20FN3O6/c20-13-10-22(17-3-1-6-29-17)19(26)23(18(13)25)11-16(24)21-12-4-5-14-15(9-12)28-8-2-7-27-14/h4-5,9-10,17H,1-3,6-8,11H2,(H,21,24). The third-order valence-corrected chi connectivity index (χ3v) is 4.70. The second kappa shape index (κ2) is 8.08. The van der Waals surface area contributed by atoms with Crippen molar-refractivity contribution in [1.82, 2.24) is 9.13 Å². The molecule has 1 fully saturated rings. The van der Waals surface area contributed by atoms with Crippen LogP contribution in [-0.2, 0) is 16.1 Å². The van der Waals surface area contributed by atoms with E-state index < -0.39 is 35.7 Å². The molecule has 2 aromatic rings. The summed E-state index contributed by atoms with van der Waals surface area (Å²) in [5.41, 5.74) is -1.54. The molecule has 154 valence electrons. The van der Waals surface area contributed by atoms with Crippen LogP contribution in [0, 0.1) is 5.82 Å². The fourth-order valence-electron chi connectivity index (χ4n) is 3.30. The van der Waals surface area contributed by atoms with Gasteiger partial charge in [-0.25, -0.2) is 9.36 Å². The average Bonchev–Trinajstić information content (AvgIpc) is 3.13. The molecule has 0 saturated carbocycles. The van der Waals surface area contributed by atoms with Crippen LogP contribution in [0.3, 0.4) is 0 Å². The fourth-order valence-corrected chi connectivity index (χ4v) is 3.30. The monoisotopic (exact) mass is 405 g/mol. The van der Waals surface area contributed by atoms with Crippen molar-refractivity contribution >= 4 is 11.6 Å². The van der Waals surface area contributed by atoms with Crippen molar-refractivity contribution in [3.63, 3.8) is 0 Å². The minimum absolute atomic E-state index is 0.406. The Bertz CT molecular complexity index is 1040. The number of carbonyl (C=O) groups is 1. The Morgan fingerprint density at radius 2 is 1.93 bits per heavy atom. The Morgan fingerprint density at radius 1 is 1.14 bits per heavy atom. The zero-order chi connectivity index (χ0) is 20.4. The van der Waals surface area contributed by atoms with Crippen LogP contribution < -0.4 is 26.0 Å². The van der Waals surface area contributed by atoms with E-state index in [1.54, 1.807) is 18.2 Å². The molecule has 1 saturated heterocycles. The summed E-state index contributed by atoms with van der Waals surface area (Å²) in [5, 5.41) is 2.59. The molecule has 2 aliphatic heterocycles. The number of ether oxygens (including phenoxy) is 3. The highest BCUT2D eigenvalue weighted by molar-refractivity contribution is 5.90. The summed E-state index contributed by atoms with van der Waals surface area (Å²) in [5.74, 6) is -0.711. The summed E-state index contributed by atoms with van der Waals surface area (Å²) in [4.78, 5) is 37.1. The Balaban J connectivity index is 1.55. The zero-order valence-corrected chi connectivity index (χ0v) is 15.6. The normalized spacial score (nSPS) is 18.3. The third kappa shape index (κ3) is 4.02. The molecule has 10 heteroatoms. The first-order chi connectivity index (χ1) is 14.0. The number of aromatic nitrogens is 2. The summed E-state index contributed by atoms with van der Waals surface area (Å²) in [6.07, 6.45) is 2.19. The molecule has 0 aliphatic carbocycles. The molecule has 1 aromatic heterocycles. The van der Waals surface area contributed by atoms with E-state index in [9.17, 15) is 18.8 Å². The lowest BCUT2D eigenvalue weighted by Crippen LogP contribution is -2.44. The second-order valence-electron chi connectivity index (χ2n) is 6.79. The van der Waals surface area contributed by atoms with Crippen LogP contribution in [0.4, 0.5) is 10.1 Å². The Morgan fingerprint density at radius 3 is 2.69 bits per heavy atom. The van der Waals surface area contributed by atoms with E-state index in [4.69, 9.17) is 14.2 Å². The van der Waals surface area contributed by atoms with Crippen molar-refractivity contribution in [2.45, 2.75) is 32.0 Å². The van der Waals surface area contributed by atoms with Crippen molar-refractivity contribution in [2.24, 2.45) is 0 Å². The predicted octanol–water partition coefficient (Wildman–Crippen LogP) is 1.26. The number of halogens is 1. The number of anilines is 1. The van der Waals surface area contributed by atoms with Crippen molar-refractivity contribution in [2.75, 3.05) is 25.1 Å². The first-order valence-electron chi connectivity index (χ1n) is 9.35. The third-order valence-electron chi connectivity index (χ3n) is 4.70. The molecule has 1 aromatic carbocycles. The van der Waals surface area contributed by atoms with Gasteiger partial charge < -0.3 is 19.5 Å². The molecule has 9 nitrogen and oxygen atoms in total. The average molecular weight is 405 g/mol. The number of carbonyl (C=O) groups excluding carboxylic acids is 1. The molecule has 1 unspecified atom stereocenters. The summed E-state index contributed by atoms with van der Waals surface area (Å²) in [6.45, 7) is 0.850. The van der Waals surface area contributed by atoms with Gasteiger partial charge in [0.25, 0.3) is 5.56 Å². The van der Waals surface area contributed by atoms with Crippen molar-refractivity contribution in [3.05, 3.63) is 51.1 Å². The minimum atomic E-state index is -1.15. The van der Waals surface area contributed by atoms with Gasteiger partial charge in [-0.1, -0.05) is 0 Å². The van der Waals surface area contributed by atoms with Crippen LogP contribution in [-0.4, -0.2) is 34.9 Å². The summed E-state index contributed by atoms with van der Waals surface area (Å²) in [6, 6.07) is 4.87. The molecule has 4 rings (SSSR count). The minimum Gasteiger partial charge on any atom is -0.490 e. The number of nitrogens with zero attached hydrogens (tertiary/aromatic N) is 2. The number of hydrogen-bond donors (Lipinski definition) is 1. The maximum absolute atomic E-state index is 14.1. The van der Waals surface area contributed by atoms with Gasteiger partial charge in [0, 0.05) is 24.8 Å².